The number of nitrogens with zero attached hydrogens (tertiary/aromatic N) is 1. The standard InChI is InChI=1S/C33H30FNO5/c1-32(2,3)31(38)28-27(23-17-20(39-4)12-14-25(23)40-5)33(29(36)21-8-6-7-9-22(21)30(33)37)26-15-10-18-16-19(34)11-13-24(18)35(26)28/h6-17,26-28H,1-5H3/t26?,27-,28+/m0/s1. The lowest BCUT2D eigenvalue weighted by atomic mass is 9.63. The van der Waals surface area contributed by atoms with Crippen molar-refractivity contribution in [2.24, 2.45) is 10.8 Å². The molecule has 2 aliphatic heterocycles. The van der Waals surface area contributed by atoms with Gasteiger partial charge >= 0.3 is 0 Å². The normalized spacial score (nSPS) is 22.2. The average molecular weight is 540 g/mol. The van der Waals surface area contributed by atoms with Crippen LogP contribution in [-0.4, -0.2) is 43.7 Å². The van der Waals surface area contributed by atoms with Gasteiger partial charge in [-0.15, -0.1) is 0 Å². The third-order valence-electron chi connectivity index (χ3n) is 8.55. The molecule has 0 bridgehead atoms. The highest BCUT2D eigenvalue weighted by Crippen LogP contribution is 2.62. The number of halogens is 1. The van der Waals surface area contributed by atoms with Crippen molar-refractivity contribution in [1.29, 1.82) is 0 Å². The quantitative estimate of drug-likeness (QED) is 0.385. The molecule has 1 fully saturated rings. The maximum atomic E-state index is 14.7. The summed E-state index contributed by atoms with van der Waals surface area (Å²) in [5.41, 5.74) is -0.126. The first-order valence-electron chi connectivity index (χ1n) is 13.3. The first-order valence-corrected chi connectivity index (χ1v) is 13.3. The molecule has 0 saturated carbocycles. The van der Waals surface area contributed by atoms with Crippen molar-refractivity contribution < 1.29 is 28.2 Å². The van der Waals surface area contributed by atoms with E-state index in [0.717, 1.165) is 0 Å². The van der Waals surface area contributed by atoms with Crippen molar-refractivity contribution in [3.05, 3.63) is 94.8 Å². The van der Waals surface area contributed by atoms with Crippen molar-refractivity contribution in [2.45, 2.75) is 38.8 Å². The molecular weight excluding hydrogens is 509 g/mol. The van der Waals surface area contributed by atoms with Crippen LogP contribution in [0.2, 0.25) is 0 Å². The van der Waals surface area contributed by atoms with Crippen LogP contribution in [-0.2, 0) is 4.79 Å². The fourth-order valence-electron chi connectivity index (χ4n) is 6.82. The lowest BCUT2D eigenvalue weighted by Gasteiger charge is -2.38. The third-order valence-corrected chi connectivity index (χ3v) is 8.55. The Balaban J connectivity index is 1.74. The van der Waals surface area contributed by atoms with Gasteiger partial charge in [-0.05, 0) is 36.4 Å². The first-order chi connectivity index (χ1) is 19.0. The summed E-state index contributed by atoms with van der Waals surface area (Å²) in [6, 6.07) is 14.7. The van der Waals surface area contributed by atoms with Gasteiger partial charge < -0.3 is 14.4 Å². The van der Waals surface area contributed by atoms with E-state index in [1.165, 1.54) is 26.4 Å². The zero-order valence-electron chi connectivity index (χ0n) is 23.0. The monoisotopic (exact) mass is 539 g/mol. The number of hydrogen-bond acceptors (Lipinski definition) is 6. The largest absolute Gasteiger partial charge is 0.497 e. The Morgan fingerprint density at radius 2 is 1.60 bits per heavy atom. The molecule has 2 heterocycles. The maximum absolute atomic E-state index is 14.7. The number of benzene rings is 3. The highest BCUT2D eigenvalue weighted by Gasteiger charge is 2.72. The minimum atomic E-state index is -1.67. The lowest BCUT2D eigenvalue weighted by molar-refractivity contribution is -0.127. The molecule has 7 heteroatoms. The number of methoxy groups -OCH3 is 2. The third kappa shape index (κ3) is 3.36. The molecule has 3 aromatic carbocycles. The van der Waals surface area contributed by atoms with Crippen LogP contribution in [0.4, 0.5) is 10.1 Å². The fraction of sp³-hybridized carbons (Fsp3) is 0.303. The van der Waals surface area contributed by atoms with Gasteiger partial charge in [-0.25, -0.2) is 4.39 Å². The summed E-state index contributed by atoms with van der Waals surface area (Å²) in [6.07, 6.45) is 3.52. The van der Waals surface area contributed by atoms with Gasteiger partial charge in [0.15, 0.2) is 17.3 Å². The Kier molecular flexibility index (Phi) is 5.77. The highest BCUT2D eigenvalue weighted by atomic mass is 19.1. The molecule has 6 nitrogen and oxygen atoms in total. The number of carbonyl (C=O) groups is 3. The van der Waals surface area contributed by atoms with E-state index in [-0.39, 0.29) is 17.3 Å². The first kappa shape index (κ1) is 26.0. The zero-order valence-corrected chi connectivity index (χ0v) is 23.0. The van der Waals surface area contributed by atoms with E-state index in [1.54, 1.807) is 60.7 Å². The van der Waals surface area contributed by atoms with Crippen LogP contribution in [0.25, 0.3) is 6.08 Å². The summed E-state index contributed by atoms with van der Waals surface area (Å²) in [6.45, 7) is 5.48. The molecule has 204 valence electrons. The van der Waals surface area contributed by atoms with E-state index in [0.29, 0.717) is 39.4 Å². The summed E-state index contributed by atoms with van der Waals surface area (Å²) >= 11 is 0. The molecule has 1 saturated heterocycles. The summed E-state index contributed by atoms with van der Waals surface area (Å²) < 4.78 is 25.7. The van der Waals surface area contributed by atoms with Gasteiger partial charge in [0, 0.05) is 39.3 Å². The Labute approximate surface area is 232 Å². The Morgan fingerprint density at radius 1 is 0.925 bits per heavy atom. The van der Waals surface area contributed by atoms with Crippen molar-refractivity contribution in [3.63, 3.8) is 0 Å². The van der Waals surface area contributed by atoms with E-state index in [9.17, 15) is 18.8 Å². The molecule has 3 aliphatic rings. The highest BCUT2D eigenvalue weighted by molar-refractivity contribution is 6.32. The molecular formula is C33H30FNO5. The van der Waals surface area contributed by atoms with Gasteiger partial charge in [0.05, 0.1) is 26.3 Å². The van der Waals surface area contributed by atoms with Crippen molar-refractivity contribution in [1.82, 2.24) is 0 Å². The second kappa shape index (κ2) is 8.88. The van der Waals surface area contributed by atoms with Crippen LogP contribution < -0.4 is 14.4 Å². The Hall–Kier alpha value is -4.26. The number of Topliss-reactive ketones (excluding diaryl/α,β-unsaturated/α-hetero) is 3. The van der Waals surface area contributed by atoms with Crippen LogP contribution >= 0.6 is 0 Å². The van der Waals surface area contributed by atoms with Gasteiger partial charge in [0.2, 0.25) is 0 Å². The Bertz CT molecular complexity index is 1580. The van der Waals surface area contributed by atoms with E-state index in [4.69, 9.17) is 9.47 Å². The van der Waals surface area contributed by atoms with E-state index < -0.39 is 34.6 Å². The predicted octanol–water partition coefficient (Wildman–Crippen LogP) is 5.89. The van der Waals surface area contributed by atoms with E-state index in [2.05, 4.69) is 0 Å². The van der Waals surface area contributed by atoms with Gasteiger partial charge in [0.1, 0.15) is 22.7 Å². The number of rotatable bonds is 4. The lowest BCUT2D eigenvalue weighted by Crippen LogP contribution is -2.49. The Morgan fingerprint density at radius 3 is 2.20 bits per heavy atom. The number of carbonyl (C=O) groups excluding carboxylic acids is 3. The van der Waals surface area contributed by atoms with Crippen LogP contribution in [0.1, 0.15) is 58.5 Å². The molecule has 40 heavy (non-hydrogen) atoms. The second-order valence-electron chi connectivity index (χ2n) is 11.6. The number of anilines is 1. The fourth-order valence-corrected chi connectivity index (χ4v) is 6.82. The number of ketones is 3. The topological polar surface area (TPSA) is 72.9 Å². The molecule has 0 amide bonds. The number of ether oxygens (including phenoxy) is 2. The second-order valence-corrected chi connectivity index (χ2v) is 11.6. The van der Waals surface area contributed by atoms with E-state index >= 15 is 0 Å². The van der Waals surface area contributed by atoms with Crippen LogP contribution in [0.15, 0.2) is 66.7 Å². The van der Waals surface area contributed by atoms with Crippen molar-refractivity contribution in [2.75, 3.05) is 19.1 Å². The van der Waals surface area contributed by atoms with E-state index in [1.807, 2.05) is 25.7 Å². The minimum Gasteiger partial charge on any atom is -0.497 e. The molecule has 0 aromatic heterocycles. The number of fused-ring (bicyclic) bond motifs is 5. The molecule has 0 N–H and O–H groups in total. The molecule has 3 atom stereocenters. The molecule has 6 rings (SSSR count). The zero-order chi connectivity index (χ0) is 28.6. The molecule has 1 spiro atoms. The van der Waals surface area contributed by atoms with Crippen molar-refractivity contribution in [3.8, 4) is 11.5 Å². The van der Waals surface area contributed by atoms with Crippen LogP contribution in [0.5, 0.6) is 11.5 Å². The average Bonchev–Trinajstić information content (AvgIpc) is 3.37. The molecule has 1 aliphatic carbocycles. The number of hydrogen-bond donors (Lipinski definition) is 0. The van der Waals surface area contributed by atoms with Gasteiger partial charge in [-0.3, -0.25) is 14.4 Å². The summed E-state index contributed by atoms with van der Waals surface area (Å²) in [4.78, 5) is 45.8. The summed E-state index contributed by atoms with van der Waals surface area (Å²) in [7, 11) is 3.05. The van der Waals surface area contributed by atoms with Gasteiger partial charge in [-0.2, -0.15) is 0 Å². The van der Waals surface area contributed by atoms with Crippen molar-refractivity contribution >= 4 is 29.1 Å². The predicted molar refractivity (Wildman–Crippen MR) is 150 cm³/mol. The molecule has 0 radical (unpaired) electrons. The molecule has 3 aromatic rings. The summed E-state index contributed by atoms with van der Waals surface area (Å²) in [5.74, 6) is -1.22. The minimum absolute atomic E-state index is 0.147. The maximum Gasteiger partial charge on any atom is 0.180 e. The SMILES string of the molecule is COc1ccc(OC)c([C@H]2[C@H](C(=O)C(C)(C)C)N3c4ccc(F)cc4C=CC3C23C(=O)c2ccccc2C3=O)c1. The smallest absolute Gasteiger partial charge is 0.180 e. The van der Waals surface area contributed by atoms with Gasteiger partial charge in [0.25, 0.3) is 0 Å². The van der Waals surface area contributed by atoms with Crippen LogP contribution in [0, 0.1) is 16.6 Å². The summed E-state index contributed by atoms with van der Waals surface area (Å²) in [5, 5.41) is 0. The van der Waals surface area contributed by atoms with Gasteiger partial charge in [-0.1, -0.05) is 57.2 Å². The molecule has 1 unspecified atom stereocenters. The van der Waals surface area contributed by atoms with Crippen LogP contribution in [0.3, 0.4) is 0 Å².